The first kappa shape index (κ1) is 16.4. The fourth-order valence-corrected chi connectivity index (χ4v) is 3.91. The molecule has 1 saturated heterocycles. The van der Waals surface area contributed by atoms with Crippen LogP contribution in [0, 0.1) is 0 Å². The van der Waals surface area contributed by atoms with Crippen LogP contribution >= 0.6 is 0 Å². The minimum atomic E-state index is -0.945. The van der Waals surface area contributed by atoms with E-state index in [1.54, 1.807) is 32.4 Å². The number of benzene rings is 2. The van der Waals surface area contributed by atoms with Gasteiger partial charge in [-0.05, 0) is 42.2 Å². The van der Waals surface area contributed by atoms with Gasteiger partial charge in [0.25, 0.3) is 5.91 Å². The smallest absolute Gasteiger partial charge is 0.325 e. The predicted molar refractivity (Wildman–Crippen MR) is 95.1 cm³/mol. The molecule has 0 aromatic heterocycles. The molecule has 1 heterocycles. The zero-order chi connectivity index (χ0) is 18.3. The Hall–Kier alpha value is -3.02. The third-order valence-corrected chi connectivity index (χ3v) is 5.24. The van der Waals surface area contributed by atoms with E-state index in [9.17, 15) is 9.59 Å². The quantitative estimate of drug-likeness (QED) is 0.859. The van der Waals surface area contributed by atoms with Crippen LogP contribution in [0.5, 0.6) is 11.5 Å². The number of urea groups is 1. The van der Waals surface area contributed by atoms with Crippen LogP contribution in [0.1, 0.15) is 23.1 Å². The lowest BCUT2D eigenvalue weighted by molar-refractivity contribution is -0.132. The molecular formula is C20H20N2O4. The normalized spacial score (nSPS) is 21.1. The number of aryl methyl sites for hydroxylation is 1. The molecule has 6 nitrogen and oxygen atoms in total. The molecule has 1 fully saturated rings. The highest BCUT2D eigenvalue weighted by Gasteiger charge is 2.55. The largest absolute Gasteiger partial charge is 0.497 e. The van der Waals surface area contributed by atoms with Crippen molar-refractivity contribution in [1.29, 1.82) is 0 Å². The lowest BCUT2D eigenvalue weighted by Crippen LogP contribution is -2.41. The van der Waals surface area contributed by atoms with E-state index in [0.717, 1.165) is 23.1 Å². The molecule has 26 heavy (non-hydrogen) atoms. The van der Waals surface area contributed by atoms with E-state index < -0.39 is 5.54 Å². The Morgan fingerprint density at radius 1 is 1.12 bits per heavy atom. The fourth-order valence-electron chi connectivity index (χ4n) is 3.91. The summed E-state index contributed by atoms with van der Waals surface area (Å²) in [5.41, 5.74) is 1.79. The van der Waals surface area contributed by atoms with E-state index >= 15 is 0 Å². The molecule has 0 radical (unpaired) electrons. The standard InChI is InChI=1S/C20H20N2O4/c1-25-15-7-8-17(26-2)14(11-15)12-22-18(23)20(21-19(22)24)10-9-13-5-3-4-6-16(13)20/h3-8,11H,9-10,12H2,1-2H3,(H,21,24)/t20-/m1/s1. The molecule has 2 aromatic carbocycles. The van der Waals surface area contributed by atoms with Gasteiger partial charge in [0.05, 0.1) is 20.8 Å². The highest BCUT2D eigenvalue weighted by atomic mass is 16.5. The van der Waals surface area contributed by atoms with Crippen LogP contribution in [0.3, 0.4) is 0 Å². The zero-order valence-electron chi connectivity index (χ0n) is 14.7. The Morgan fingerprint density at radius 2 is 1.92 bits per heavy atom. The van der Waals surface area contributed by atoms with Crippen molar-refractivity contribution in [3.8, 4) is 11.5 Å². The number of methoxy groups -OCH3 is 2. The SMILES string of the molecule is COc1ccc(OC)c(CN2C(=O)N[C@@]3(CCc4ccccc43)C2=O)c1. The topological polar surface area (TPSA) is 67.9 Å². The van der Waals surface area contributed by atoms with Crippen molar-refractivity contribution in [2.24, 2.45) is 0 Å². The van der Waals surface area contributed by atoms with Gasteiger partial charge in [0.15, 0.2) is 0 Å². The zero-order valence-corrected chi connectivity index (χ0v) is 14.7. The molecule has 2 aliphatic rings. The first-order valence-corrected chi connectivity index (χ1v) is 8.52. The average Bonchev–Trinajstić information content (AvgIpc) is 3.15. The van der Waals surface area contributed by atoms with Gasteiger partial charge >= 0.3 is 6.03 Å². The van der Waals surface area contributed by atoms with E-state index in [4.69, 9.17) is 9.47 Å². The number of nitrogens with zero attached hydrogens (tertiary/aromatic N) is 1. The molecule has 0 unspecified atom stereocenters. The predicted octanol–water partition coefficient (Wildman–Crippen LogP) is 2.60. The van der Waals surface area contributed by atoms with E-state index in [-0.39, 0.29) is 18.5 Å². The van der Waals surface area contributed by atoms with Gasteiger partial charge in [-0.25, -0.2) is 4.79 Å². The Balaban J connectivity index is 1.68. The average molecular weight is 352 g/mol. The van der Waals surface area contributed by atoms with Crippen molar-refractivity contribution in [3.63, 3.8) is 0 Å². The van der Waals surface area contributed by atoms with E-state index in [0.29, 0.717) is 17.9 Å². The first-order valence-electron chi connectivity index (χ1n) is 8.52. The number of hydrogen-bond donors (Lipinski definition) is 1. The van der Waals surface area contributed by atoms with Gasteiger partial charge in [0.1, 0.15) is 17.0 Å². The number of fused-ring (bicyclic) bond motifs is 2. The number of rotatable bonds is 4. The molecule has 1 spiro atoms. The second kappa shape index (κ2) is 6.05. The summed E-state index contributed by atoms with van der Waals surface area (Å²) in [6.07, 6.45) is 1.36. The molecule has 6 heteroatoms. The summed E-state index contributed by atoms with van der Waals surface area (Å²) in [6, 6.07) is 12.8. The van der Waals surface area contributed by atoms with Crippen LogP contribution in [0.4, 0.5) is 4.79 Å². The highest BCUT2D eigenvalue weighted by Crippen LogP contribution is 2.42. The van der Waals surface area contributed by atoms with Gasteiger partial charge in [0, 0.05) is 5.56 Å². The van der Waals surface area contributed by atoms with Gasteiger partial charge in [-0.2, -0.15) is 0 Å². The molecule has 1 N–H and O–H groups in total. The Kier molecular flexibility index (Phi) is 3.83. The molecule has 4 rings (SSSR count). The minimum absolute atomic E-state index is 0.134. The summed E-state index contributed by atoms with van der Waals surface area (Å²) in [4.78, 5) is 27.1. The van der Waals surface area contributed by atoms with Gasteiger partial charge in [-0.1, -0.05) is 24.3 Å². The number of nitrogens with one attached hydrogen (secondary N) is 1. The second-order valence-corrected chi connectivity index (χ2v) is 6.56. The molecule has 1 aliphatic heterocycles. The highest BCUT2D eigenvalue weighted by molar-refractivity contribution is 6.08. The van der Waals surface area contributed by atoms with Crippen LogP contribution in [-0.2, 0) is 23.3 Å². The van der Waals surface area contributed by atoms with Gasteiger partial charge in [0.2, 0.25) is 0 Å². The second-order valence-electron chi connectivity index (χ2n) is 6.56. The summed E-state index contributed by atoms with van der Waals surface area (Å²) >= 11 is 0. The van der Waals surface area contributed by atoms with Crippen LogP contribution in [0.2, 0.25) is 0 Å². The maximum atomic E-state index is 13.2. The van der Waals surface area contributed by atoms with E-state index in [1.165, 1.54) is 4.90 Å². The van der Waals surface area contributed by atoms with Gasteiger partial charge in [-0.15, -0.1) is 0 Å². The number of carbonyl (C=O) groups excluding carboxylic acids is 2. The van der Waals surface area contributed by atoms with Crippen molar-refractivity contribution in [2.75, 3.05) is 14.2 Å². The molecule has 0 bridgehead atoms. The van der Waals surface area contributed by atoms with Crippen molar-refractivity contribution in [1.82, 2.24) is 10.2 Å². The number of ether oxygens (including phenoxy) is 2. The van der Waals surface area contributed by atoms with E-state index in [1.807, 2.05) is 24.3 Å². The van der Waals surface area contributed by atoms with Crippen LogP contribution in [0.15, 0.2) is 42.5 Å². The molecular weight excluding hydrogens is 332 g/mol. The maximum absolute atomic E-state index is 13.2. The summed E-state index contributed by atoms with van der Waals surface area (Å²) < 4.78 is 10.6. The summed E-state index contributed by atoms with van der Waals surface area (Å²) in [5, 5.41) is 2.94. The van der Waals surface area contributed by atoms with E-state index in [2.05, 4.69) is 5.32 Å². The summed E-state index contributed by atoms with van der Waals surface area (Å²) in [5.74, 6) is 1.05. The third-order valence-electron chi connectivity index (χ3n) is 5.24. The fraction of sp³-hybridized carbons (Fsp3) is 0.300. The lowest BCUT2D eigenvalue weighted by Gasteiger charge is -2.22. The van der Waals surface area contributed by atoms with Crippen LogP contribution < -0.4 is 14.8 Å². The first-order chi connectivity index (χ1) is 12.6. The summed E-state index contributed by atoms with van der Waals surface area (Å²) in [7, 11) is 3.13. The van der Waals surface area contributed by atoms with Crippen LogP contribution in [0.25, 0.3) is 0 Å². The third kappa shape index (κ3) is 2.33. The number of imide groups is 1. The Labute approximate surface area is 151 Å². The minimum Gasteiger partial charge on any atom is -0.497 e. The van der Waals surface area contributed by atoms with Crippen molar-refractivity contribution in [3.05, 3.63) is 59.2 Å². The van der Waals surface area contributed by atoms with Crippen molar-refractivity contribution < 1.29 is 19.1 Å². The molecule has 3 amide bonds. The van der Waals surface area contributed by atoms with Gasteiger partial charge < -0.3 is 14.8 Å². The number of carbonyl (C=O) groups is 2. The molecule has 1 aliphatic carbocycles. The Bertz CT molecular complexity index is 895. The maximum Gasteiger partial charge on any atom is 0.325 e. The summed E-state index contributed by atoms with van der Waals surface area (Å²) in [6.45, 7) is 0.134. The Morgan fingerprint density at radius 3 is 2.69 bits per heavy atom. The molecule has 1 atom stereocenters. The number of hydrogen-bond acceptors (Lipinski definition) is 4. The molecule has 2 aromatic rings. The van der Waals surface area contributed by atoms with Crippen molar-refractivity contribution >= 4 is 11.9 Å². The van der Waals surface area contributed by atoms with Gasteiger partial charge in [-0.3, -0.25) is 9.69 Å². The lowest BCUT2D eigenvalue weighted by atomic mass is 9.92. The van der Waals surface area contributed by atoms with Crippen LogP contribution in [-0.4, -0.2) is 31.1 Å². The number of amides is 3. The molecule has 0 saturated carbocycles. The molecule has 134 valence electrons. The monoisotopic (exact) mass is 352 g/mol. The van der Waals surface area contributed by atoms with Crippen molar-refractivity contribution in [2.45, 2.75) is 24.9 Å².